The van der Waals surface area contributed by atoms with E-state index in [1.807, 2.05) is 13.8 Å². The van der Waals surface area contributed by atoms with Crippen molar-refractivity contribution in [2.24, 2.45) is 0 Å². The van der Waals surface area contributed by atoms with Crippen molar-refractivity contribution in [2.75, 3.05) is 39.5 Å². The normalized spacial score (nSPS) is 30.0. The van der Waals surface area contributed by atoms with Crippen LogP contribution in [-0.2, 0) is 25.0 Å². The zero-order valence-electron chi connectivity index (χ0n) is 14.2. The lowest BCUT2D eigenvalue weighted by molar-refractivity contribution is -0.0456. The van der Waals surface area contributed by atoms with Gasteiger partial charge in [-0.3, -0.25) is 0 Å². The zero-order valence-corrected chi connectivity index (χ0v) is 15.8. The summed E-state index contributed by atoms with van der Waals surface area (Å²) in [6.45, 7) is 5.13. The molecule has 0 N–H and O–H groups in total. The number of piperidine rings is 1. The summed E-state index contributed by atoms with van der Waals surface area (Å²) in [6, 6.07) is -0.140. The summed E-state index contributed by atoms with van der Waals surface area (Å²) in [4.78, 5) is 0. The molecule has 0 aromatic heterocycles. The monoisotopic (exact) mass is 369 g/mol. The van der Waals surface area contributed by atoms with E-state index in [9.17, 15) is 16.8 Å². The van der Waals surface area contributed by atoms with Crippen LogP contribution in [0.25, 0.3) is 0 Å². The average Bonchev–Trinajstić information content (AvgIpc) is 2.44. The Morgan fingerprint density at radius 2 is 1.43 bits per heavy atom. The second kappa shape index (κ2) is 6.93. The predicted molar refractivity (Wildman–Crippen MR) is 87.7 cm³/mol. The van der Waals surface area contributed by atoms with Crippen LogP contribution in [0.1, 0.15) is 26.7 Å². The van der Waals surface area contributed by atoms with Gasteiger partial charge in [0.25, 0.3) is 10.2 Å². The lowest BCUT2D eigenvalue weighted by Crippen LogP contribution is -2.55. The van der Waals surface area contributed by atoms with E-state index < -0.39 is 20.2 Å². The Balaban J connectivity index is 2.01. The van der Waals surface area contributed by atoms with Crippen molar-refractivity contribution in [1.82, 2.24) is 12.9 Å². The molecular weight excluding hydrogens is 342 g/mol. The van der Waals surface area contributed by atoms with Gasteiger partial charge < -0.3 is 4.74 Å². The van der Waals surface area contributed by atoms with Gasteiger partial charge in [-0.05, 0) is 26.7 Å². The summed E-state index contributed by atoms with van der Waals surface area (Å²) in [6.07, 6.45) is 1.95. The number of rotatable bonds is 4. The number of nitrogens with zero attached hydrogens (tertiary/aromatic N) is 3. The third kappa shape index (κ3) is 4.43. The van der Waals surface area contributed by atoms with Crippen LogP contribution < -0.4 is 0 Å². The van der Waals surface area contributed by atoms with E-state index >= 15 is 0 Å². The largest absolute Gasteiger partial charge is 0.373 e. The first kappa shape index (κ1) is 19.1. The van der Waals surface area contributed by atoms with Crippen LogP contribution in [0.3, 0.4) is 0 Å². The molecule has 2 aliphatic heterocycles. The molecule has 0 radical (unpaired) electrons. The second-order valence-electron chi connectivity index (χ2n) is 6.49. The fraction of sp³-hybridized carbons (Fsp3) is 1.00. The summed E-state index contributed by atoms with van der Waals surface area (Å²) in [5.41, 5.74) is 0. The van der Waals surface area contributed by atoms with Crippen molar-refractivity contribution >= 4 is 20.2 Å². The topological polar surface area (TPSA) is 87.2 Å². The summed E-state index contributed by atoms with van der Waals surface area (Å²) in [5.74, 6) is 0. The van der Waals surface area contributed by atoms with Crippen molar-refractivity contribution in [1.29, 1.82) is 0 Å². The highest BCUT2D eigenvalue weighted by atomic mass is 32.2. The molecular formula is C13H27N3O5S2. The van der Waals surface area contributed by atoms with Crippen molar-refractivity contribution in [3.63, 3.8) is 0 Å². The van der Waals surface area contributed by atoms with Crippen LogP contribution in [0, 0.1) is 0 Å². The fourth-order valence-electron chi connectivity index (χ4n) is 3.19. The van der Waals surface area contributed by atoms with Crippen molar-refractivity contribution in [3.05, 3.63) is 0 Å². The van der Waals surface area contributed by atoms with Gasteiger partial charge in [-0.1, -0.05) is 0 Å². The number of morpholine rings is 1. The average molecular weight is 370 g/mol. The highest BCUT2D eigenvalue weighted by Crippen LogP contribution is 2.23. The summed E-state index contributed by atoms with van der Waals surface area (Å²) in [5, 5.41) is 0. The number of hydrogen-bond acceptors (Lipinski definition) is 5. The second-order valence-corrected chi connectivity index (χ2v) is 10.5. The van der Waals surface area contributed by atoms with Gasteiger partial charge in [-0.25, -0.2) is 12.7 Å². The maximum absolute atomic E-state index is 12.8. The summed E-state index contributed by atoms with van der Waals surface area (Å²) < 4.78 is 58.6. The van der Waals surface area contributed by atoms with Gasteiger partial charge in [0.15, 0.2) is 0 Å². The first-order valence-corrected chi connectivity index (χ1v) is 11.1. The SMILES string of the molecule is CC1CN(S(=O)(=O)N2CCC(N(C)S(C)(=O)=O)CC2)CC(C)O1. The van der Waals surface area contributed by atoms with Crippen LogP contribution in [0.15, 0.2) is 0 Å². The lowest BCUT2D eigenvalue weighted by Gasteiger charge is -2.40. The van der Waals surface area contributed by atoms with E-state index in [1.165, 1.54) is 19.2 Å². The van der Waals surface area contributed by atoms with E-state index in [4.69, 9.17) is 4.74 Å². The minimum atomic E-state index is -3.52. The number of ether oxygens (including phenoxy) is 1. The molecule has 0 amide bonds. The maximum atomic E-state index is 12.8. The molecule has 2 rings (SSSR count). The fourth-order valence-corrected chi connectivity index (χ4v) is 5.74. The van der Waals surface area contributed by atoms with E-state index in [0.29, 0.717) is 39.0 Å². The minimum Gasteiger partial charge on any atom is -0.373 e. The van der Waals surface area contributed by atoms with E-state index in [0.717, 1.165) is 0 Å². The van der Waals surface area contributed by atoms with Gasteiger partial charge >= 0.3 is 0 Å². The van der Waals surface area contributed by atoms with Gasteiger partial charge in [0.2, 0.25) is 10.0 Å². The summed E-state index contributed by atoms with van der Waals surface area (Å²) >= 11 is 0. The van der Waals surface area contributed by atoms with Crippen molar-refractivity contribution in [3.8, 4) is 0 Å². The van der Waals surface area contributed by atoms with Crippen LogP contribution in [0.5, 0.6) is 0 Å². The van der Waals surface area contributed by atoms with Gasteiger partial charge in [-0.15, -0.1) is 0 Å². The Bertz CT molecular complexity index is 604. The van der Waals surface area contributed by atoms with E-state index in [-0.39, 0.29) is 18.2 Å². The molecule has 0 aromatic rings. The molecule has 8 nitrogen and oxygen atoms in total. The first-order valence-electron chi connectivity index (χ1n) is 7.85. The van der Waals surface area contributed by atoms with Gasteiger partial charge in [0, 0.05) is 39.3 Å². The van der Waals surface area contributed by atoms with Gasteiger partial charge in [0.05, 0.1) is 18.5 Å². The highest BCUT2D eigenvalue weighted by Gasteiger charge is 2.38. The van der Waals surface area contributed by atoms with Gasteiger partial charge in [-0.2, -0.15) is 17.0 Å². The quantitative estimate of drug-likeness (QED) is 0.679. The molecule has 2 saturated heterocycles. The maximum Gasteiger partial charge on any atom is 0.282 e. The number of sulfonamides is 1. The van der Waals surface area contributed by atoms with Crippen molar-refractivity contribution < 1.29 is 21.6 Å². The molecule has 0 aliphatic carbocycles. The van der Waals surface area contributed by atoms with E-state index in [1.54, 1.807) is 7.05 Å². The molecule has 2 heterocycles. The first-order chi connectivity index (χ1) is 10.5. The zero-order chi connectivity index (χ0) is 17.4. The van der Waals surface area contributed by atoms with Gasteiger partial charge in [0.1, 0.15) is 0 Å². The third-order valence-corrected chi connectivity index (χ3v) is 7.81. The predicted octanol–water partition coefficient (Wildman–Crippen LogP) is -0.304. The van der Waals surface area contributed by atoms with Crippen molar-refractivity contribution in [2.45, 2.75) is 44.9 Å². The molecule has 2 unspecified atom stereocenters. The number of hydrogen-bond donors (Lipinski definition) is 0. The lowest BCUT2D eigenvalue weighted by atomic mass is 10.1. The Morgan fingerprint density at radius 3 is 1.87 bits per heavy atom. The Morgan fingerprint density at radius 1 is 0.957 bits per heavy atom. The van der Waals surface area contributed by atoms with Crippen LogP contribution in [0.2, 0.25) is 0 Å². The van der Waals surface area contributed by atoms with Crippen LogP contribution in [-0.4, -0.2) is 87.5 Å². The minimum absolute atomic E-state index is 0.123. The molecule has 0 spiro atoms. The molecule has 0 bridgehead atoms. The molecule has 23 heavy (non-hydrogen) atoms. The standard InChI is InChI=1S/C13H27N3O5S2/c1-11-9-16(10-12(2)21-11)23(19,20)15-7-5-13(6-8-15)14(3)22(4,17)18/h11-13H,5-10H2,1-4H3. The molecule has 10 heteroatoms. The molecule has 2 fully saturated rings. The van der Waals surface area contributed by atoms with E-state index in [2.05, 4.69) is 0 Å². The smallest absolute Gasteiger partial charge is 0.282 e. The molecule has 0 saturated carbocycles. The molecule has 2 aliphatic rings. The Hall–Kier alpha value is -0.260. The molecule has 2 atom stereocenters. The Labute approximate surface area is 139 Å². The summed E-state index contributed by atoms with van der Waals surface area (Å²) in [7, 11) is -5.22. The molecule has 136 valence electrons. The highest BCUT2D eigenvalue weighted by molar-refractivity contribution is 7.88. The Kier molecular flexibility index (Phi) is 5.74. The molecule has 0 aromatic carbocycles. The van der Waals surface area contributed by atoms with Crippen LogP contribution >= 0.6 is 0 Å². The third-order valence-electron chi connectivity index (χ3n) is 4.50. The van der Waals surface area contributed by atoms with Crippen LogP contribution in [0.4, 0.5) is 0 Å².